The van der Waals surface area contributed by atoms with Crippen LogP contribution in [0.15, 0.2) is 12.2 Å². The second kappa shape index (κ2) is 11.8. The van der Waals surface area contributed by atoms with Crippen LogP contribution in [0, 0.1) is 0 Å². The Balaban J connectivity index is 3.74. The SMILES string of the molecule is CC/C=C/CCCCOCC[N+](CO)(CO)CC(=O)[O-]. The fraction of sp³-hybridized carbons (Fsp3) is 0.786. The van der Waals surface area contributed by atoms with Crippen LogP contribution in [-0.4, -0.2) is 60.4 Å². The molecule has 0 amide bonds. The Morgan fingerprint density at radius 3 is 2.45 bits per heavy atom. The van der Waals surface area contributed by atoms with Gasteiger partial charge < -0.3 is 24.9 Å². The fourth-order valence-corrected chi connectivity index (χ4v) is 1.75. The third-order valence-corrected chi connectivity index (χ3v) is 3.09. The number of rotatable bonds is 13. The van der Waals surface area contributed by atoms with Gasteiger partial charge in [0.15, 0.2) is 13.5 Å². The van der Waals surface area contributed by atoms with Crippen LogP contribution >= 0.6 is 0 Å². The van der Waals surface area contributed by atoms with Crippen LogP contribution in [0.5, 0.6) is 0 Å². The molecule has 118 valence electrons. The summed E-state index contributed by atoms with van der Waals surface area (Å²) in [7, 11) is 0. The van der Waals surface area contributed by atoms with Gasteiger partial charge in [-0.05, 0) is 25.7 Å². The maximum absolute atomic E-state index is 10.6. The van der Waals surface area contributed by atoms with Gasteiger partial charge in [-0.25, -0.2) is 0 Å². The van der Waals surface area contributed by atoms with Crippen molar-refractivity contribution in [3.05, 3.63) is 12.2 Å². The minimum Gasteiger partial charge on any atom is -0.544 e. The highest BCUT2D eigenvalue weighted by Crippen LogP contribution is 2.04. The molecule has 0 rings (SSSR count). The predicted octanol–water partition coefficient (Wildman–Crippen LogP) is -0.394. The lowest BCUT2D eigenvalue weighted by Gasteiger charge is -2.34. The van der Waals surface area contributed by atoms with Crippen molar-refractivity contribution in [1.82, 2.24) is 0 Å². The number of aliphatic hydroxyl groups is 2. The molecule has 6 nitrogen and oxygen atoms in total. The number of nitrogens with zero attached hydrogens (tertiary/aromatic N) is 1. The summed E-state index contributed by atoms with van der Waals surface area (Å²) >= 11 is 0. The Morgan fingerprint density at radius 1 is 1.20 bits per heavy atom. The average Bonchev–Trinajstić information content (AvgIpc) is 2.44. The van der Waals surface area contributed by atoms with Gasteiger partial charge >= 0.3 is 0 Å². The van der Waals surface area contributed by atoms with Gasteiger partial charge in [0.25, 0.3) is 0 Å². The second-order valence-corrected chi connectivity index (χ2v) is 4.87. The number of aliphatic carboxylic acids is 1. The molecule has 0 saturated carbocycles. The van der Waals surface area contributed by atoms with Crippen molar-refractivity contribution in [3.63, 3.8) is 0 Å². The van der Waals surface area contributed by atoms with Crippen molar-refractivity contribution in [2.45, 2.75) is 32.6 Å². The summed E-state index contributed by atoms with van der Waals surface area (Å²) in [6, 6.07) is 0. The first-order chi connectivity index (χ1) is 9.60. The number of quaternary nitrogens is 1. The summed E-state index contributed by atoms with van der Waals surface area (Å²) in [5.41, 5.74) is 0. The molecule has 0 saturated heterocycles. The van der Waals surface area contributed by atoms with Crippen LogP contribution in [0.1, 0.15) is 32.6 Å². The first-order valence-electron chi connectivity index (χ1n) is 7.09. The average molecular weight is 289 g/mol. The molecule has 0 radical (unpaired) electrons. The molecule has 0 aromatic rings. The number of aliphatic hydroxyl groups excluding tert-OH is 2. The second-order valence-electron chi connectivity index (χ2n) is 4.87. The van der Waals surface area contributed by atoms with E-state index >= 15 is 0 Å². The molecule has 6 heteroatoms. The highest BCUT2D eigenvalue weighted by atomic mass is 16.5. The minimum absolute atomic E-state index is 0.247. The topological polar surface area (TPSA) is 89.8 Å². The summed E-state index contributed by atoms with van der Waals surface area (Å²) in [6.07, 6.45) is 8.36. The lowest BCUT2D eigenvalue weighted by Crippen LogP contribution is -2.56. The van der Waals surface area contributed by atoms with Crippen LogP contribution in [0.2, 0.25) is 0 Å². The molecule has 0 bridgehead atoms. The molecule has 0 fully saturated rings. The van der Waals surface area contributed by atoms with Crippen LogP contribution in [0.4, 0.5) is 0 Å². The molecule has 0 aliphatic heterocycles. The van der Waals surface area contributed by atoms with Crippen molar-refractivity contribution >= 4 is 5.97 Å². The zero-order valence-corrected chi connectivity index (χ0v) is 12.3. The zero-order chi connectivity index (χ0) is 15.3. The third kappa shape index (κ3) is 9.03. The van der Waals surface area contributed by atoms with Crippen LogP contribution < -0.4 is 5.11 Å². The molecule has 0 aromatic heterocycles. The smallest absolute Gasteiger partial charge is 0.182 e. The molecular weight excluding hydrogens is 262 g/mol. The van der Waals surface area contributed by atoms with Crippen LogP contribution in [0.25, 0.3) is 0 Å². The van der Waals surface area contributed by atoms with Gasteiger partial charge in [0.2, 0.25) is 0 Å². The summed E-state index contributed by atoms with van der Waals surface area (Å²) in [6.45, 7) is 1.93. The lowest BCUT2D eigenvalue weighted by atomic mass is 10.2. The molecule has 2 N–H and O–H groups in total. The molecule has 20 heavy (non-hydrogen) atoms. The molecule has 0 aliphatic rings. The molecule has 0 atom stereocenters. The standard InChI is InChI=1S/C14H27NO5/c1-2-3-4-5-6-7-9-20-10-8-15(12-16,13-17)11-14(18)19/h3-4,16-17H,2,5-13H2,1H3/b4-3+. The minimum atomic E-state index is -1.30. The molecule has 0 unspecified atom stereocenters. The van der Waals surface area contributed by atoms with Gasteiger partial charge in [-0.15, -0.1) is 0 Å². The summed E-state index contributed by atoms with van der Waals surface area (Å²) in [4.78, 5) is 10.6. The van der Waals surface area contributed by atoms with Gasteiger partial charge in [0.1, 0.15) is 13.1 Å². The number of carboxylic acids is 1. The van der Waals surface area contributed by atoms with E-state index in [1.165, 1.54) is 0 Å². The van der Waals surface area contributed by atoms with Crippen LogP contribution in [-0.2, 0) is 9.53 Å². The van der Waals surface area contributed by atoms with E-state index in [9.17, 15) is 20.1 Å². The Kier molecular flexibility index (Phi) is 11.3. The number of allylic oxidation sites excluding steroid dienone is 2. The monoisotopic (exact) mass is 289 g/mol. The van der Waals surface area contributed by atoms with Crippen molar-refractivity contribution in [3.8, 4) is 0 Å². The number of carboxylic acid groups (broad SMARTS) is 1. The lowest BCUT2D eigenvalue weighted by molar-refractivity contribution is -0.956. The van der Waals surface area contributed by atoms with E-state index < -0.39 is 26.0 Å². The van der Waals surface area contributed by atoms with E-state index in [0.29, 0.717) is 13.2 Å². The zero-order valence-electron chi connectivity index (χ0n) is 12.3. The quantitative estimate of drug-likeness (QED) is 0.208. The Labute approximate surface area is 120 Å². The summed E-state index contributed by atoms with van der Waals surface area (Å²) in [5.74, 6) is -1.30. The molecule has 0 heterocycles. The number of unbranched alkanes of at least 4 members (excludes halogenated alkanes) is 2. The van der Waals surface area contributed by atoms with Crippen molar-refractivity contribution in [2.24, 2.45) is 0 Å². The van der Waals surface area contributed by atoms with Gasteiger partial charge in [0.05, 0.1) is 12.6 Å². The molecular formula is C14H27NO5. The number of hydrogen-bond donors (Lipinski definition) is 2. The highest BCUT2D eigenvalue weighted by molar-refractivity contribution is 5.65. The first kappa shape index (κ1) is 19.1. The van der Waals surface area contributed by atoms with E-state index in [2.05, 4.69) is 19.1 Å². The van der Waals surface area contributed by atoms with Crippen molar-refractivity contribution in [1.29, 1.82) is 0 Å². The fourth-order valence-electron chi connectivity index (χ4n) is 1.75. The Morgan fingerprint density at radius 2 is 1.90 bits per heavy atom. The van der Waals surface area contributed by atoms with Gasteiger partial charge in [0, 0.05) is 6.61 Å². The maximum atomic E-state index is 10.6. The third-order valence-electron chi connectivity index (χ3n) is 3.09. The van der Waals surface area contributed by atoms with Crippen molar-refractivity contribution in [2.75, 3.05) is 39.8 Å². The number of carbonyl (C=O) groups is 1. The van der Waals surface area contributed by atoms with Crippen LogP contribution in [0.3, 0.4) is 0 Å². The largest absolute Gasteiger partial charge is 0.544 e. The Hall–Kier alpha value is -0.950. The van der Waals surface area contributed by atoms with Gasteiger partial charge in [-0.2, -0.15) is 0 Å². The predicted molar refractivity (Wildman–Crippen MR) is 73.3 cm³/mol. The van der Waals surface area contributed by atoms with E-state index in [1.807, 2.05) is 0 Å². The number of ether oxygens (including phenoxy) is 1. The normalized spacial score (nSPS) is 12.2. The van der Waals surface area contributed by atoms with E-state index in [-0.39, 0.29) is 11.0 Å². The Bertz CT molecular complexity index is 277. The summed E-state index contributed by atoms with van der Waals surface area (Å²) in [5, 5.41) is 29.0. The molecule has 0 aliphatic carbocycles. The van der Waals surface area contributed by atoms with E-state index in [0.717, 1.165) is 25.7 Å². The first-order valence-corrected chi connectivity index (χ1v) is 7.09. The van der Waals surface area contributed by atoms with E-state index in [4.69, 9.17) is 4.74 Å². The number of hydrogen-bond acceptors (Lipinski definition) is 5. The molecule has 0 aromatic carbocycles. The number of carbonyl (C=O) groups excluding carboxylic acids is 1. The van der Waals surface area contributed by atoms with Gasteiger partial charge in [-0.3, -0.25) is 4.48 Å². The van der Waals surface area contributed by atoms with Crippen molar-refractivity contribution < 1.29 is 29.3 Å². The summed E-state index contributed by atoms with van der Waals surface area (Å²) < 4.78 is 5.06. The van der Waals surface area contributed by atoms with Gasteiger partial charge in [-0.1, -0.05) is 19.1 Å². The molecule has 0 spiro atoms. The highest BCUT2D eigenvalue weighted by Gasteiger charge is 2.25. The van der Waals surface area contributed by atoms with E-state index in [1.54, 1.807) is 0 Å². The maximum Gasteiger partial charge on any atom is 0.182 e.